The zero-order chi connectivity index (χ0) is 20.1. The largest absolute Gasteiger partial charge is 0.293 e. The maximum atomic E-state index is 12.3. The lowest BCUT2D eigenvalue weighted by Crippen LogP contribution is -2.26. The molecule has 2 aromatic carbocycles. The highest BCUT2D eigenvalue weighted by Crippen LogP contribution is 2.18. The zero-order valence-electron chi connectivity index (χ0n) is 14.3. The van der Waals surface area contributed by atoms with Gasteiger partial charge in [0, 0.05) is 12.0 Å². The first-order valence-corrected chi connectivity index (χ1v) is 11.9. The van der Waals surface area contributed by atoms with E-state index in [4.69, 9.17) is 5.21 Å². The molecule has 0 aliphatic heterocycles. The first kappa shape index (κ1) is 21.0. The van der Waals surface area contributed by atoms with Crippen LogP contribution >= 0.6 is 0 Å². The van der Waals surface area contributed by atoms with Crippen molar-refractivity contribution >= 4 is 40.2 Å². The fourth-order valence-electron chi connectivity index (χ4n) is 2.44. The number of amides is 1. The molecule has 0 bridgehead atoms. The smallest absolute Gasteiger partial charge is 0.261 e. The van der Waals surface area contributed by atoms with E-state index in [0.29, 0.717) is 0 Å². The van der Waals surface area contributed by atoms with Crippen LogP contribution in [-0.2, 0) is 22.5 Å². The normalized spacial score (nSPS) is 12.0. The predicted molar refractivity (Wildman–Crippen MR) is 99.6 cm³/mol. The van der Waals surface area contributed by atoms with Crippen LogP contribution in [0.1, 0.15) is 29.6 Å². The van der Waals surface area contributed by atoms with Gasteiger partial charge in [0.25, 0.3) is 17.7 Å². The Kier molecular flexibility index (Phi) is 6.68. The summed E-state index contributed by atoms with van der Waals surface area (Å²) < 4.78 is 48.4. The van der Waals surface area contributed by atoms with E-state index in [9.17, 15) is 26.4 Å². The number of carbonyl (C=O) groups is 2. The Morgan fingerprint density at radius 2 is 1.56 bits per heavy atom. The molecular formula is C17H19NO7S2. The third kappa shape index (κ3) is 5.34. The highest BCUT2D eigenvalue weighted by Gasteiger charge is 2.32. The molecule has 0 atom stereocenters. The van der Waals surface area contributed by atoms with Crippen molar-refractivity contribution in [2.45, 2.75) is 19.3 Å². The van der Waals surface area contributed by atoms with Crippen molar-refractivity contribution in [2.24, 2.45) is 0 Å². The number of hydrogen-bond acceptors (Lipinski definition) is 7. The molecule has 146 valence electrons. The number of rotatable bonds is 9. The predicted octanol–water partition coefficient (Wildman–Crippen LogP) is 1.44. The zero-order valence-corrected chi connectivity index (χ0v) is 15.9. The Morgan fingerprint density at radius 1 is 0.889 bits per heavy atom. The Labute approximate surface area is 156 Å². The van der Waals surface area contributed by atoms with Gasteiger partial charge in [-0.3, -0.25) is 14.8 Å². The van der Waals surface area contributed by atoms with Gasteiger partial charge >= 0.3 is 0 Å². The Bertz CT molecular complexity index is 1060. The number of Topliss-reactive ketones (excluding diaryl/α,β-unsaturated/α-hetero) is 1. The number of nitrogens with one attached hydrogen (secondary N) is 1. The van der Waals surface area contributed by atoms with Crippen molar-refractivity contribution in [3.05, 3.63) is 48.0 Å². The van der Waals surface area contributed by atoms with Gasteiger partial charge in [-0.15, -0.1) is 0 Å². The third-order valence-electron chi connectivity index (χ3n) is 3.94. The minimum Gasteiger partial charge on any atom is -0.293 e. The Balaban J connectivity index is 2.06. The van der Waals surface area contributed by atoms with Gasteiger partial charge in [-0.25, -0.2) is 22.3 Å². The SMILES string of the molecule is O=C(CCCCS(=O)(=O)S(=O)(=O)CC(=O)c1ccc2ccccc2c1)NO. The van der Waals surface area contributed by atoms with E-state index in [-0.39, 0.29) is 24.8 Å². The van der Waals surface area contributed by atoms with Crippen LogP contribution in [0, 0.1) is 0 Å². The first-order valence-electron chi connectivity index (χ1n) is 8.07. The molecule has 0 unspecified atom stereocenters. The van der Waals surface area contributed by atoms with E-state index in [2.05, 4.69) is 0 Å². The minimum atomic E-state index is -4.69. The van der Waals surface area contributed by atoms with Gasteiger partial charge in [0.15, 0.2) is 5.78 Å². The number of hydroxylamine groups is 1. The number of benzene rings is 2. The molecule has 0 spiro atoms. The summed E-state index contributed by atoms with van der Waals surface area (Å²) in [5, 5.41) is 9.96. The second-order valence-corrected chi connectivity index (χ2v) is 11.9. The van der Waals surface area contributed by atoms with Gasteiger partial charge < -0.3 is 0 Å². The monoisotopic (exact) mass is 413 g/mol. The molecule has 0 aromatic heterocycles. The summed E-state index contributed by atoms with van der Waals surface area (Å²) in [4.78, 5) is 23.1. The molecule has 0 heterocycles. The van der Waals surface area contributed by atoms with Crippen molar-refractivity contribution in [1.29, 1.82) is 0 Å². The molecule has 0 saturated carbocycles. The lowest BCUT2D eigenvalue weighted by Gasteiger charge is -2.07. The highest BCUT2D eigenvalue weighted by molar-refractivity contribution is 8.67. The minimum absolute atomic E-state index is 0.0831. The number of hydrogen-bond donors (Lipinski definition) is 2. The maximum Gasteiger partial charge on any atom is 0.261 e. The van der Waals surface area contributed by atoms with Crippen molar-refractivity contribution in [2.75, 3.05) is 11.5 Å². The molecule has 2 aromatic rings. The Morgan fingerprint density at radius 3 is 2.22 bits per heavy atom. The van der Waals surface area contributed by atoms with E-state index in [0.717, 1.165) is 10.8 Å². The fourth-order valence-corrected chi connectivity index (χ4v) is 5.90. The Hall–Kier alpha value is -2.30. The number of unbranched alkanes of at least 4 members (excludes halogenated alkanes) is 1. The van der Waals surface area contributed by atoms with Crippen molar-refractivity contribution in [3.8, 4) is 0 Å². The maximum absolute atomic E-state index is 12.3. The van der Waals surface area contributed by atoms with Crippen LogP contribution in [-0.4, -0.2) is 45.2 Å². The molecule has 27 heavy (non-hydrogen) atoms. The van der Waals surface area contributed by atoms with Crippen LogP contribution in [0.25, 0.3) is 10.8 Å². The molecule has 1 amide bonds. The van der Waals surface area contributed by atoms with Crippen LogP contribution < -0.4 is 5.48 Å². The van der Waals surface area contributed by atoms with Gasteiger partial charge in [0.2, 0.25) is 5.91 Å². The van der Waals surface area contributed by atoms with Gasteiger partial charge in [0.05, 0.1) is 5.75 Å². The molecule has 0 fully saturated rings. The number of fused-ring (bicyclic) bond motifs is 1. The third-order valence-corrected chi connectivity index (χ3v) is 9.29. The number of carbonyl (C=O) groups excluding carboxylic acids is 2. The van der Waals surface area contributed by atoms with Crippen molar-refractivity contribution in [1.82, 2.24) is 5.48 Å². The lowest BCUT2D eigenvalue weighted by molar-refractivity contribution is -0.129. The summed E-state index contributed by atoms with van der Waals surface area (Å²) in [5.74, 6) is -3.32. The average Bonchev–Trinajstić information content (AvgIpc) is 2.64. The summed E-state index contributed by atoms with van der Waals surface area (Å²) >= 11 is 0. The van der Waals surface area contributed by atoms with E-state index >= 15 is 0 Å². The van der Waals surface area contributed by atoms with E-state index in [1.165, 1.54) is 17.6 Å². The second-order valence-electron chi connectivity index (χ2n) is 5.94. The van der Waals surface area contributed by atoms with Crippen LogP contribution in [0.4, 0.5) is 0 Å². The van der Waals surface area contributed by atoms with Crippen molar-refractivity contribution in [3.63, 3.8) is 0 Å². The van der Waals surface area contributed by atoms with E-state index < -0.39 is 40.9 Å². The molecule has 8 nitrogen and oxygen atoms in total. The summed E-state index contributed by atoms with van der Waals surface area (Å²) in [6.45, 7) is 0. The van der Waals surface area contributed by atoms with Crippen LogP contribution in [0.15, 0.2) is 42.5 Å². The summed E-state index contributed by atoms with van der Waals surface area (Å²) in [5.41, 5.74) is 1.52. The molecular weight excluding hydrogens is 394 g/mol. The highest BCUT2D eigenvalue weighted by atomic mass is 33.2. The van der Waals surface area contributed by atoms with Crippen molar-refractivity contribution < 1.29 is 31.6 Å². The summed E-state index contributed by atoms with van der Waals surface area (Å²) in [6, 6.07) is 11.8. The molecule has 0 radical (unpaired) electrons. The first-order chi connectivity index (χ1) is 12.7. The summed E-state index contributed by atoms with van der Waals surface area (Å²) in [6.07, 6.45) is -0.138. The van der Waals surface area contributed by atoms with Crippen LogP contribution in [0.2, 0.25) is 0 Å². The molecule has 2 rings (SSSR count). The second kappa shape index (κ2) is 8.59. The lowest BCUT2D eigenvalue weighted by atomic mass is 10.1. The molecule has 10 heteroatoms. The van der Waals surface area contributed by atoms with Crippen LogP contribution in [0.3, 0.4) is 0 Å². The average molecular weight is 413 g/mol. The van der Waals surface area contributed by atoms with Gasteiger partial charge in [-0.1, -0.05) is 36.4 Å². The molecule has 2 N–H and O–H groups in total. The van der Waals surface area contributed by atoms with E-state index in [1.807, 2.05) is 12.1 Å². The molecule has 0 saturated heterocycles. The van der Waals surface area contributed by atoms with Crippen LogP contribution in [0.5, 0.6) is 0 Å². The number of ketones is 1. The molecule has 0 aliphatic rings. The topological polar surface area (TPSA) is 135 Å². The summed E-state index contributed by atoms with van der Waals surface area (Å²) in [7, 11) is -9.25. The van der Waals surface area contributed by atoms with Gasteiger partial charge in [-0.05, 0) is 29.7 Å². The van der Waals surface area contributed by atoms with E-state index in [1.54, 1.807) is 18.2 Å². The van der Waals surface area contributed by atoms with Gasteiger partial charge in [-0.2, -0.15) is 0 Å². The standard InChI is InChI=1S/C17H19NO7S2/c19-16(15-9-8-13-5-1-2-6-14(13)11-15)12-27(24,25)26(22,23)10-4-3-7-17(20)18-21/h1-2,5-6,8-9,11,21H,3-4,7,10,12H2,(H,18,20). The fraction of sp³-hybridized carbons (Fsp3) is 0.294. The molecule has 0 aliphatic carbocycles. The van der Waals surface area contributed by atoms with Gasteiger partial charge in [0.1, 0.15) is 5.75 Å². The quantitative estimate of drug-likeness (QED) is 0.209.